The highest BCUT2D eigenvalue weighted by atomic mass is 35.5. The van der Waals surface area contributed by atoms with Crippen LogP contribution < -0.4 is 11.5 Å². The molecule has 0 saturated carbocycles. The average molecular weight is 326 g/mol. The van der Waals surface area contributed by atoms with Crippen molar-refractivity contribution < 1.29 is 9.53 Å². The number of carbonyl (C=O) groups excluding carboxylic acids is 1. The van der Waals surface area contributed by atoms with Crippen molar-refractivity contribution in [1.82, 2.24) is 4.90 Å². The number of primary amides is 1. The maximum atomic E-state index is 11.4. The molecule has 122 valence electrons. The zero-order valence-corrected chi connectivity index (χ0v) is 13.6. The molecule has 3 atom stereocenters. The summed E-state index contributed by atoms with van der Waals surface area (Å²) < 4.78 is 6.05. The van der Waals surface area contributed by atoms with E-state index in [-0.39, 0.29) is 24.1 Å². The topological polar surface area (TPSA) is 81.6 Å². The molecular weight excluding hydrogens is 302 g/mol. The lowest BCUT2D eigenvalue weighted by Gasteiger charge is -2.36. The predicted molar refractivity (Wildman–Crippen MR) is 87.7 cm³/mol. The van der Waals surface area contributed by atoms with Crippen molar-refractivity contribution in [2.75, 3.05) is 19.7 Å². The zero-order chi connectivity index (χ0) is 16.1. The van der Waals surface area contributed by atoms with Gasteiger partial charge < -0.3 is 21.1 Å². The van der Waals surface area contributed by atoms with Gasteiger partial charge in [0, 0.05) is 30.1 Å². The molecule has 2 amide bonds. The Morgan fingerprint density at radius 3 is 2.95 bits per heavy atom. The summed E-state index contributed by atoms with van der Waals surface area (Å²) in [4.78, 5) is 13.1. The third-order valence-electron chi connectivity index (χ3n) is 3.91. The van der Waals surface area contributed by atoms with Crippen LogP contribution in [0.4, 0.5) is 4.79 Å². The second kappa shape index (κ2) is 7.81. The molecule has 1 unspecified atom stereocenters. The molecule has 6 heteroatoms. The Kier molecular flexibility index (Phi) is 6.06. The molecule has 0 aromatic heterocycles. The van der Waals surface area contributed by atoms with Gasteiger partial charge >= 0.3 is 6.03 Å². The summed E-state index contributed by atoms with van der Waals surface area (Å²) in [5.74, 6) is 0.193. The van der Waals surface area contributed by atoms with Gasteiger partial charge in [-0.25, -0.2) is 4.79 Å². The highest BCUT2D eigenvalue weighted by molar-refractivity contribution is 6.30. The first kappa shape index (κ1) is 17.1. The number of hydrogen-bond acceptors (Lipinski definition) is 3. The van der Waals surface area contributed by atoms with E-state index in [1.165, 1.54) is 0 Å². The number of ether oxygens (including phenoxy) is 1. The molecule has 1 aliphatic rings. The largest absolute Gasteiger partial charge is 0.372 e. The highest BCUT2D eigenvalue weighted by Gasteiger charge is 2.30. The SMILES string of the molecule is CC(N)CO[C@@H](c1cccc(Cl)c1)[C@@H]1CCCN(C(N)=O)C1. The van der Waals surface area contributed by atoms with Crippen molar-refractivity contribution in [2.24, 2.45) is 17.4 Å². The number of nitrogens with two attached hydrogens (primary N) is 2. The Morgan fingerprint density at radius 2 is 2.32 bits per heavy atom. The Balaban J connectivity index is 2.18. The standard InChI is InChI=1S/C16H24ClN3O2/c1-11(18)10-22-15(12-4-2-6-14(17)8-12)13-5-3-7-20(9-13)16(19)21/h2,4,6,8,11,13,15H,3,5,7,9-10,18H2,1H3,(H2,19,21)/t11?,13-,15+/m1/s1. The first-order valence-corrected chi connectivity index (χ1v) is 8.02. The van der Waals surface area contributed by atoms with Gasteiger partial charge in [0.1, 0.15) is 0 Å². The van der Waals surface area contributed by atoms with E-state index in [1.54, 1.807) is 4.90 Å². The number of urea groups is 1. The van der Waals surface area contributed by atoms with E-state index in [0.29, 0.717) is 24.7 Å². The van der Waals surface area contributed by atoms with E-state index in [1.807, 2.05) is 31.2 Å². The summed E-state index contributed by atoms with van der Waals surface area (Å²) >= 11 is 6.10. The third-order valence-corrected chi connectivity index (χ3v) is 4.15. The quantitative estimate of drug-likeness (QED) is 0.872. The van der Waals surface area contributed by atoms with Crippen molar-refractivity contribution in [3.63, 3.8) is 0 Å². The Labute approximate surface area is 136 Å². The fourth-order valence-corrected chi connectivity index (χ4v) is 3.10. The summed E-state index contributed by atoms with van der Waals surface area (Å²) in [6, 6.07) is 7.25. The van der Waals surface area contributed by atoms with E-state index in [0.717, 1.165) is 18.4 Å². The van der Waals surface area contributed by atoms with E-state index < -0.39 is 0 Å². The van der Waals surface area contributed by atoms with Crippen LogP contribution in [0.15, 0.2) is 24.3 Å². The summed E-state index contributed by atoms with van der Waals surface area (Å²) in [6.07, 6.45) is 1.78. The van der Waals surface area contributed by atoms with E-state index in [2.05, 4.69) is 0 Å². The zero-order valence-electron chi connectivity index (χ0n) is 12.9. The summed E-state index contributed by atoms with van der Waals surface area (Å²) in [6.45, 7) is 3.68. The van der Waals surface area contributed by atoms with Crippen LogP contribution in [-0.4, -0.2) is 36.7 Å². The van der Waals surface area contributed by atoms with E-state index >= 15 is 0 Å². The molecule has 5 nitrogen and oxygen atoms in total. The summed E-state index contributed by atoms with van der Waals surface area (Å²) in [7, 11) is 0. The summed E-state index contributed by atoms with van der Waals surface area (Å²) in [5.41, 5.74) is 12.3. The average Bonchev–Trinajstić information content (AvgIpc) is 2.47. The predicted octanol–water partition coefficient (Wildman–Crippen LogP) is 2.54. The molecule has 1 aliphatic heterocycles. The fraction of sp³-hybridized carbons (Fsp3) is 0.562. The lowest BCUT2D eigenvalue weighted by atomic mass is 9.88. The second-order valence-electron chi connectivity index (χ2n) is 5.97. The maximum absolute atomic E-state index is 11.4. The smallest absolute Gasteiger partial charge is 0.314 e. The van der Waals surface area contributed by atoms with Crippen LogP contribution in [0.1, 0.15) is 31.4 Å². The second-order valence-corrected chi connectivity index (χ2v) is 6.41. The molecule has 0 bridgehead atoms. The molecule has 4 N–H and O–H groups in total. The van der Waals surface area contributed by atoms with Crippen LogP contribution in [-0.2, 0) is 4.74 Å². The van der Waals surface area contributed by atoms with E-state index in [4.69, 9.17) is 27.8 Å². The van der Waals surface area contributed by atoms with Crippen LogP contribution >= 0.6 is 11.6 Å². The van der Waals surface area contributed by atoms with Crippen LogP contribution in [0.3, 0.4) is 0 Å². The number of amides is 2. The third kappa shape index (κ3) is 4.60. The van der Waals surface area contributed by atoms with Crippen molar-refractivity contribution in [3.05, 3.63) is 34.9 Å². The van der Waals surface area contributed by atoms with Crippen molar-refractivity contribution >= 4 is 17.6 Å². The molecule has 1 saturated heterocycles. The first-order valence-electron chi connectivity index (χ1n) is 7.64. The van der Waals surface area contributed by atoms with Crippen molar-refractivity contribution in [3.8, 4) is 0 Å². The van der Waals surface area contributed by atoms with Gasteiger partial charge in [0.2, 0.25) is 0 Å². The van der Waals surface area contributed by atoms with Gasteiger partial charge in [-0.15, -0.1) is 0 Å². The molecule has 22 heavy (non-hydrogen) atoms. The van der Waals surface area contributed by atoms with Gasteiger partial charge in [-0.2, -0.15) is 0 Å². The number of hydrogen-bond donors (Lipinski definition) is 2. The minimum Gasteiger partial charge on any atom is -0.372 e. The van der Waals surface area contributed by atoms with Crippen molar-refractivity contribution in [1.29, 1.82) is 0 Å². The highest BCUT2D eigenvalue weighted by Crippen LogP contribution is 2.33. The Hall–Kier alpha value is -1.30. The van der Waals surface area contributed by atoms with Gasteiger partial charge in [-0.1, -0.05) is 23.7 Å². The lowest BCUT2D eigenvalue weighted by Crippen LogP contribution is -2.44. The number of likely N-dealkylation sites (tertiary alicyclic amines) is 1. The number of carbonyl (C=O) groups is 1. The molecule has 1 aromatic carbocycles. The molecule has 1 fully saturated rings. The summed E-state index contributed by atoms with van der Waals surface area (Å²) in [5, 5.41) is 0.675. The van der Waals surface area contributed by atoms with Crippen LogP contribution in [0.5, 0.6) is 0 Å². The minimum absolute atomic E-state index is 0.0440. The van der Waals surface area contributed by atoms with Gasteiger partial charge in [0.05, 0.1) is 12.7 Å². The molecule has 1 aromatic rings. The van der Waals surface area contributed by atoms with Crippen LogP contribution in [0, 0.1) is 5.92 Å². The van der Waals surface area contributed by atoms with Gasteiger partial charge in [-0.3, -0.25) is 0 Å². The molecule has 0 radical (unpaired) electrons. The number of rotatable bonds is 5. The molecule has 0 spiro atoms. The van der Waals surface area contributed by atoms with Gasteiger partial charge in [0.15, 0.2) is 0 Å². The van der Waals surface area contributed by atoms with Crippen molar-refractivity contribution in [2.45, 2.75) is 31.9 Å². The minimum atomic E-state index is -0.373. The Bertz CT molecular complexity index is 510. The maximum Gasteiger partial charge on any atom is 0.314 e. The number of nitrogens with zero attached hydrogens (tertiary/aromatic N) is 1. The van der Waals surface area contributed by atoms with Crippen LogP contribution in [0.25, 0.3) is 0 Å². The fourth-order valence-electron chi connectivity index (χ4n) is 2.90. The van der Waals surface area contributed by atoms with Gasteiger partial charge in [-0.05, 0) is 37.5 Å². The normalized spacial score (nSPS) is 21.4. The lowest BCUT2D eigenvalue weighted by molar-refractivity contribution is -0.0138. The molecule has 1 heterocycles. The van der Waals surface area contributed by atoms with E-state index in [9.17, 15) is 4.79 Å². The first-order chi connectivity index (χ1) is 10.5. The number of halogens is 1. The van der Waals surface area contributed by atoms with Gasteiger partial charge in [0.25, 0.3) is 0 Å². The van der Waals surface area contributed by atoms with Crippen LogP contribution in [0.2, 0.25) is 5.02 Å². The molecule has 0 aliphatic carbocycles. The molecular formula is C16H24ClN3O2. The monoisotopic (exact) mass is 325 g/mol. The number of benzene rings is 1. The number of piperidine rings is 1. The Morgan fingerprint density at radius 1 is 1.55 bits per heavy atom. The molecule has 2 rings (SSSR count).